The molecule has 0 bridgehead atoms. The van der Waals surface area contributed by atoms with Crippen LogP contribution >= 0.6 is 11.6 Å². The van der Waals surface area contributed by atoms with Gasteiger partial charge in [0.15, 0.2) is 0 Å². The van der Waals surface area contributed by atoms with Gasteiger partial charge >= 0.3 is 0 Å². The fourth-order valence-corrected chi connectivity index (χ4v) is 5.53. The van der Waals surface area contributed by atoms with Crippen LogP contribution in [0, 0.1) is 17.1 Å². The minimum absolute atomic E-state index is 0.215. The lowest BCUT2D eigenvalue weighted by Gasteiger charge is -2.34. The zero-order valence-corrected chi connectivity index (χ0v) is 23.6. The SMILES string of the molecule is BC(Nc1cc(Cl)c2ncc(C#N)c(NC[C@@H](C)c3ccccc3)c2c1)(C1=CN(C2CC2)NN1)c1ccc(F)cc1. The first-order valence-electron chi connectivity index (χ1n) is 13.7. The van der Waals surface area contributed by atoms with E-state index in [0.717, 1.165) is 35.2 Å². The number of rotatable bonds is 9. The maximum atomic E-state index is 13.9. The number of benzene rings is 3. The fraction of sp³-hybridized carbons (Fsp3) is 0.226. The van der Waals surface area contributed by atoms with Gasteiger partial charge in [0.2, 0.25) is 0 Å². The smallest absolute Gasteiger partial charge is 0.148 e. The molecule has 6 rings (SSSR count). The third-order valence-corrected chi connectivity index (χ3v) is 8.17. The third-order valence-electron chi connectivity index (χ3n) is 7.88. The van der Waals surface area contributed by atoms with Crippen molar-refractivity contribution >= 4 is 41.7 Å². The number of pyridine rings is 1. The predicted molar refractivity (Wildman–Crippen MR) is 164 cm³/mol. The monoisotopic (exact) mass is 565 g/mol. The first-order chi connectivity index (χ1) is 19.9. The van der Waals surface area contributed by atoms with Crippen molar-refractivity contribution in [2.24, 2.45) is 0 Å². The van der Waals surface area contributed by atoms with Crippen molar-refractivity contribution in [3.8, 4) is 6.07 Å². The summed E-state index contributed by atoms with van der Waals surface area (Å²) in [7, 11) is 2.04. The van der Waals surface area contributed by atoms with Crippen LogP contribution in [-0.2, 0) is 5.44 Å². The molecule has 1 unspecified atom stereocenters. The molecule has 1 fully saturated rings. The van der Waals surface area contributed by atoms with Crippen LogP contribution in [0.15, 0.2) is 84.8 Å². The van der Waals surface area contributed by atoms with E-state index in [1.807, 2.05) is 38.2 Å². The number of halogens is 2. The van der Waals surface area contributed by atoms with Crippen molar-refractivity contribution in [3.05, 3.63) is 112 Å². The summed E-state index contributed by atoms with van der Waals surface area (Å²) in [5.41, 5.74) is 11.2. The molecule has 2 atom stereocenters. The minimum atomic E-state index is -0.767. The molecule has 0 radical (unpaired) electrons. The van der Waals surface area contributed by atoms with Crippen LogP contribution < -0.4 is 21.6 Å². The highest BCUT2D eigenvalue weighted by atomic mass is 35.5. The van der Waals surface area contributed by atoms with Crippen molar-refractivity contribution < 1.29 is 4.39 Å². The van der Waals surface area contributed by atoms with Gasteiger partial charge in [-0.1, -0.05) is 61.0 Å². The van der Waals surface area contributed by atoms with Crippen molar-refractivity contribution in [2.45, 2.75) is 37.2 Å². The second-order valence-corrected chi connectivity index (χ2v) is 11.3. The molecule has 1 aromatic heterocycles. The third kappa shape index (κ3) is 5.41. The van der Waals surface area contributed by atoms with Gasteiger partial charge in [-0.25, -0.2) is 4.39 Å². The normalized spacial score (nSPS) is 16.8. The minimum Gasteiger partial charge on any atom is -0.383 e. The molecule has 4 aromatic rings. The van der Waals surface area contributed by atoms with Gasteiger partial charge in [0.25, 0.3) is 0 Å². The lowest BCUT2D eigenvalue weighted by molar-refractivity contribution is 0.260. The average Bonchev–Trinajstić information content (AvgIpc) is 3.71. The van der Waals surface area contributed by atoms with Crippen LogP contribution in [0.5, 0.6) is 0 Å². The Kier molecular flexibility index (Phi) is 7.20. The molecule has 41 heavy (non-hydrogen) atoms. The molecular weight excluding hydrogens is 536 g/mol. The maximum absolute atomic E-state index is 13.9. The average molecular weight is 566 g/mol. The van der Waals surface area contributed by atoms with Gasteiger partial charge in [-0.3, -0.25) is 9.99 Å². The molecule has 206 valence electrons. The van der Waals surface area contributed by atoms with Gasteiger partial charge in [-0.05, 0) is 54.2 Å². The molecule has 2 heterocycles. The van der Waals surface area contributed by atoms with E-state index in [0.29, 0.717) is 34.4 Å². The van der Waals surface area contributed by atoms with Gasteiger partial charge in [0, 0.05) is 36.1 Å². The Morgan fingerprint density at radius 3 is 2.66 bits per heavy atom. The number of nitriles is 1. The van der Waals surface area contributed by atoms with Crippen LogP contribution in [0.25, 0.3) is 10.9 Å². The van der Waals surface area contributed by atoms with Crippen molar-refractivity contribution in [1.29, 1.82) is 5.26 Å². The molecule has 3 aromatic carbocycles. The molecular formula is C31H30BClFN7. The Hall–Kier alpha value is -4.26. The van der Waals surface area contributed by atoms with Crippen LogP contribution in [0.4, 0.5) is 15.8 Å². The molecule has 1 aliphatic carbocycles. The summed E-state index contributed by atoms with van der Waals surface area (Å²) < 4.78 is 13.9. The number of anilines is 2. The Morgan fingerprint density at radius 2 is 1.95 bits per heavy atom. The molecule has 2 aliphatic rings. The summed E-state index contributed by atoms with van der Waals surface area (Å²) in [5, 5.41) is 20.4. The quantitative estimate of drug-likeness (QED) is 0.204. The van der Waals surface area contributed by atoms with Crippen LogP contribution in [0.2, 0.25) is 5.02 Å². The number of nitrogens with zero attached hydrogens (tertiary/aromatic N) is 3. The number of hydrogen-bond donors (Lipinski definition) is 4. The summed E-state index contributed by atoms with van der Waals surface area (Å²) in [4.78, 5) is 4.51. The van der Waals surface area contributed by atoms with Crippen molar-refractivity contribution in [1.82, 2.24) is 21.0 Å². The number of aromatic nitrogens is 1. The van der Waals surface area contributed by atoms with E-state index in [9.17, 15) is 9.65 Å². The zero-order valence-electron chi connectivity index (χ0n) is 22.9. The van der Waals surface area contributed by atoms with E-state index in [-0.39, 0.29) is 11.7 Å². The Labute approximate surface area is 244 Å². The summed E-state index contributed by atoms with van der Waals surface area (Å²) in [5.74, 6) is -0.0849. The van der Waals surface area contributed by atoms with Crippen LogP contribution in [0.1, 0.15) is 42.4 Å². The highest BCUT2D eigenvalue weighted by Gasteiger charge is 2.38. The second kappa shape index (κ2) is 11.0. The Bertz CT molecular complexity index is 1650. The first kappa shape index (κ1) is 26.9. The molecule has 0 spiro atoms. The molecule has 1 aliphatic heterocycles. The molecule has 1 saturated carbocycles. The van der Waals surface area contributed by atoms with Gasteiger partial charge in [-0.15, -0.1) is 5.53 Å². The van der Waals surface area contributed by atoms with Gasteiger partial charge < -0.3 is 16.1 Å². The van der Waals surface area contributed by atoms with Gasteiger partial charge in [0.1, 0.15) is 19.7 Å². The van der Waals surface area contributed by atoms with Crippen LogP contribution in [0.3, 0.4) is 0 Å². The van der Waals surface area contributed by atoms with Crippen molar-refractivity contribution in [2.75, 3.05) is 17.2 Å². The second-order valence-electron chi connectivity index (χ2n) is 10.9. The molecule has 10 heteroatoms. The zero-order chi connectivity index (χ0) is 28.6. The summed E-state index contributed by atoms with van der Waals surface area (Å²) in [6, 6.07) is 23.3. The number of fused-ring (bicyclic) bond motifs is 1. The number of hydrogen-bond acceptors (Lipinski definition) is 7. The Morgan fingerprint density at radius 1 is 1.20 bits per heavy atom. The van der Waals surface area contributed by atoms with E-state index in [4.69, 9.17) is 11.6 Å². The van der Waals surface area contributed by atoms with Crippen LogP contribution in [-0.4, -0.2) is 30.4 Å². The summed E-state index contributed by atoms with van der Waals surface area (Å²) in [6.45, 7) is 2.77. The highest BCUT2D eigenvalue weighted by Crippen LogP contribution is 2.38. The predicted octanol–water partition coefficient (Wildman–Crippen LogP) is 5.34. The highest BCUT2D eigenvalue weighted by molar-refractivity contribution is 6.36. The molecule has 0 saturated heterocycles. The largest absolute Gasteiger partial charge is 0.383 e. The molecule has 0 amide bonds. The van der Waals surface area contributed by atoms with E-state index in [1.165, 1.54) is 17.7 Å². The molecule has 4 N–H and O–H groups in total. The standard InChI is InChI=1S/C31H30BClFN7/c1-19(20-5-3-2-4-6-20)16-36-29-21(15-35)17-37-30-26(29)13-24(14-27(30)33)38-31(32,22-7-9-23(34)10-8-22)28-18-41(40-39-28)25-11-12-25/h2-10,13-14,17-19,25,38-40H,11-12,16,32H2,1H3,(H,36,37)/t19-,31?/m1/s1. The first-order valence-corrected chi connectivity index (χ1v) is 14.1. The number of nitrogens with one attached hydrogen (secondary N) is 4. The lowest BCUT2D eigenvalue weighted by atomic mass is 9.69. The van der Waals surface area contributed by atoms with E-state index in [2.05, 4.69) is 62.9 Å². The summed E-state index contributed by atoms with van der Waals surface area (Å²) >= 11 is 6.80. The number of hydrazine groups is 2. The summed E-state index contributed by atoms with van der Waals surface area (Å²) in [6.07, 6.45) is 5.88. The van der Waals surface area contributed by atoms with E-state index in [1.54, 1.807) is 18.3 Å². The maximum Gasteiger partial charge on any atom is 0.148 e. The van der Waals surface area contributed by atoms with Gasteiger partial charge in [0.05, 0.1) is 32.9 Å². The fourth-order valence-electron chi connectivity index (χ4n) is 5.26. The van der Waals surface area contributed by atoms with Gasteiger partial charge in [-0.2, -0.15) is 5.26 Å². The van der Waals surface area contributed by atoms with E-state index < -0.39 is 5.44 Å². The topological polar surface area (TPSA) is 88.0 Å². The van der Waals surface area contributed by atoms with Crippen molar-refractivity contribution in [3.63, 3.8) is 0 Å². The molecule has 7 nitrogen and oxygen atoms in total. The Balaban J connectivity index is 1.39. The lowest BCUT2D eigenvalue weighted by Crippen LogP contribution is -2.45. The van der Waals surface area contributed by atoms with E-state index >= 15 is 0 Å².